The molecule has 1 aliphatic heterocycles. The molecule has 1 fully saturated rings. The number of fused-ring (bicyclic) bond motifs is 1. The molecule has 1 aliphatic rings. The molecule has 1 amide bonds. The van der Waals surface area contributed by atoms with Crippen LogP contribution >= 0.6 is 11.3 Å². The van der Waals surface area contributed by atoms with Gasteiger partial charge in [0.05, 0.1) is 28.2 Å². The molecule has 164 valence electrons. The first-order valence-electron chi connectivity index (χ1n) is 10.4. The molecule has 0 spiro atoms. The molecule has 8 nitrogen and oxygen atoms in total. The minimum Gasteiger partial charge on any atom is -0.495 e. The van der Waals surface area contributed by atoms with Crippen molar-refractivity contribution < 1.29 is 9.53 Å². The summed E-state index contributed by atoms with van der Waals surface area (Å²) in [5.74, 6) is 0.962. The number of thiazole rings is 1. The number of amides is 1. The average molecular weight is 442 g/mol. The minimum atomic E-state index is -0.301. The summed E-state index contributed by atoms with van der Waals surface area (Å²) in [4.78, 5) is 34.3. The Bertz CT molecular complexity index is 1160. The highest BCUT2D eigenvalue weighted by molar-refractivity contribution is 7.18. The quantitative estimate of drug-likeness (QED) is 0.606. The summed E-state index contributed by atoms with van der Waals surface area (Å²) in [5.41, 5.74) is 1.87. The number of ether oxygens (including phenoxy) is 1. The van der Waals surface area contributed by atoms with E-state index in [0.717, 1.165) is 26.8 Å². The molecule has 3 heterocycles. The van der Waals surface area contributed by atoms with Crippen LogP contribution in [-0.4, -0.2) is 58.9 Å². The molecule has 0 saturated carbocycles. The third kappa shape index (κ3) is 4.14. The first-order chi connectivity index (χ1) is 14.9. The summed E-state index contributed by atoms with van der Waals surface area (Å²) in [6.07, 6.45) is 0. The van der Waals surface area contributed by atoms with E-state index in [-0.39, 0.29) is 23.9 Å². The Labute approximate surface area is 185 Å². The Hall–Kier alpha value is -2.94. The van der Waals surface area contributed by atoms with Crippen LogP contribution in [0.4, 0.5) is 5.69 Å². The van der Waals surface area contributed by atoms with Gasteiger partial charge in [-0.25, -0.2) is 9.67 Å². The van der Waals surface area contributed by atoms with Crippen molar-refractivity contribution in [1.82, 2.24) is 19.7 Å². The van der Waals surface area contributed by atoms with Crippen molar-refractivity contribution in [2.45, 2.75) is 33.2 Å². The van der Waals surface area contributed by atoms with Crippen molar-refractivity contribution >= 4 is 33.1 Å². The van der Waals surface area contributed by atoms with E-state index in [2.05, 4.69) is 15.0 Å². The third-order valence-electron chi connectivity index (χ3n) is 5.52. The lowest BCUT2D eigenvalue weighted by Crippen LogP contribution is -2.50. The van der Waals surface area contributed by atoms with Crippen molar-refractivity contribution in [1.29, 1.82) is 0 Å². The first kappa shape index (κ1) is 21.3. The smallest absolute Gasteiger partial charge is 0.294 e. The standard InChI is InChI=1S/C22H27N5O3S/c1-14(2)21-23-19-20(31-21)15(3)24-27(22(19)29)13-18(28)26-11-9-25(10-12-26)16-7-5-6-8-17(16)30-4/h5-8,14H,9-13H2,1-4H3. The van der Waals surface area contributed by atoms with Gasteiger partial charge in [0.15, 0.2) is 5.52 Å². The fourth-order valence-corrected chi connectivity index (χ4v) is 4.79. The van der Waals surface area contributed by atoms with E-state index in [1.54, 1.807) is 12.0 Å². The first-order valence-corrected chi connectivity index (χ1v) is 11.2. The van der Waals surface area contributed by atoms with Crippen molar-refractivity contribution in [2.75, 3.05) is 38.2 Å². The molecule has 9 heteroatoms. The lowest BCUT2D eigenvalue weighted by atomic mass is 10.2. The molecule has 0 bridgehead atoms. The number of anilines is 1. The molecule has 0 aliphatic carbocycles. The zero-order chi connectivity index (χ0) is 22.1. The van der Waals surface area contributed by atoms with Crippen LogP contribution in [0.2, 0.25) is 0 Å². The number of hydrogen-bond acceptors (Lipinski definition) is 7. The molecule has 0 N–H and O–H groups in total. The van der Waals surface area contributed by atoms with Crippen LogP contribution in [0.3, 0.4) is 0 Å². The second kappa shape index (κ2) is 8.66. The Morgan fingerprint density at radius 3 is 2.58 bits per heavy atom. The largest absolute Gasteiger partial charge is 0.495 e. The molecular weight excluding hydrogens is 414 g/mol. The number of nitrogens with zero attached hydrogens (tertiary/aromatic N) is 5. The minimum absolute atomic E-state index is 0.0706. The predicted octanol–water partition coefficient (Wildman–Crippen LogP) is 2.64. The van der Waals surface area contributed by atoms with Crippen molar-refractivity contribution in [3.63, 3.8) is 0 Å². The summed E-state index contributed by atoms with van der Waals surface area (Å²) >= 11 is 1.50. The number of carbonyl (C=O) groups is 1. The van der Waals surface area contributed by atoms with Crippen molar-refractivity contribution in [2.24, 2.45) is 0 Å². The molecule has 0 atom stereocenters. The van der Waals surface area contributed by atoms with Gasteiger partial charge in [0, 0.05) is 32.1 Å². The predicted molar refractivity (Wildman–Crippen MR) is 122 cm³/mol. The van der Waals surface area contributed by atoms with Crippen molar-refractivity contribution in [3.05, 3.63) is 45.3 Å². The van der Waals surface area contributed by atoms with E-state index in [0.29, 0.717) is 31.7 Å². The molecule has 2 aromatic heterocycles. The Balaban J connectivity index is 1.47. The van der Waals surface area contributed by atoms with E-state index in [9.17, 15) is 9.59 Å². The second-order valence-electron chi connectivity index (χ2n) is 7.97. The number of carbonyl (C=O) groups excluding carboxylic acids is 1. The molecular formula is C22H27N5O3S. The topological polar surface area (TPSA) is 80.6 Å². The van der Waals surface area contributed by atoms with E-state index in [4.69, 9.17) is 4.74 Å². The lowest BCUT2D eigenvalue weighted by Gasteiger charge is -2.36. The fraction of sp³-hybridized carbons (Fsp3) is 0.455. The number of benzene rings is 1. The summed E-state index contributed by atoms with van der Waals surface area (Å²) in [5, 5.41) is 5.30. The highest BCUT2D eigenvalue weighted by Crippen LogP contribution is 2.29. The van der Waals surface area contributed by atoms with Crippen LogP contribution in [0, 0.1) is 6.92 Å². The van der Waals surface area contributed by atoms with Gasteiger partial charge in [-0.15, -0.1) is 11.3 Å². The van der Waals surface area contributed by atoms with Gasteiger partial charge in [0.25, 0.3) is 5.56 Å². The van der Waals surface area contributed by atoms with E-state index in [1.807, 2.05) is 45.0 Å². The summed E-state index contributed by atoms with van der Waals surface area (Å²) < 4.78 is 7.52. The number of hydrogen-bond donors (Lipinski definition) is 0. The second-order valence-corrected chi connectivity index (χ2v) is 9.00. The fourth-order valence-electron chi connectivity index (χ4n) is 3.79. The highest BCUT2D eigenvalue weighted by Gasteiger charge is 2.24. The van der Waals surface area contributed by atoms with Gasteiger partial charge < -0.3 is 14.5 Å². The van der Waals surface area contributed by atoms with Crippen LogP contribution in [0.1, 0.15) is 30.5 Å². The zero-order valence-electron chi connectivity index (χ0n) is 18.3. The average Bonchev–Trinajstić information content (AvgIpc) is 3.24. The Kier molecular flexibility index (Phi) is 5.95. The molecule has 31 heavy (non-hydrogen) atoms. The van der Waals surface area contributed by atoms with E-state index >= 15 is 0 Å². The molecule has 1 aromatic carbocycles. The highest BCUT2D eigenvalue weighted by atomic mass is 32.1. The van der Waals surface area contributed by atoms with Crippen LogP contribution in [-0.2, 0) is 11.3 Å². The Morgan fingerprint density at radius 2 is 1.90 bits per heavy atom. The number of aromatic nitrogens is 3. The third-order valence-corrected chi connectivity index (χ3v) is 6.98. The van der Waals surface area contributed by atoms with Crippen LogP contribution < -0.4 is 15.2 Å². The number of piperazine rings is 1. The van der Waals surface area contributed by atoms with Crippen LogP contribution in [0.25, 0.3) is 10.2 Å². The van der Waals surface area contributed by atoms with Gasteiger partial charge in [-0.2, -0.15) is 5.10 Å². The van der Waals surface area contributed by atoms with Crippen molar-refractivity contribution in [3.8, 4) is 5.75 Å². The maximum absolute atomic E-state index is 12.9. The maximum Gasteiger partial charge on any atom is 0.294 e. The molecule has 0 radical (unpaired) electrons. The van der Waals surface area contributed by atoms with E-state index in [1.165, 1.54) is 16.0 Å². The summed E-state index contributed by atoms with van der Waals surface area (Å²) in [7, 11) is 1.66. The zero-order valence-corrected chi connectivity index (χ0v) is 19.1. The molecule has 4 rings (SSSR count). The summed E-state index contributed by atoms with van der Waals surface area (Å²) in [6.45, 7) is 8.46. The van der Waals surface area contributed by atoms with Gasteiger partial charge in [-0.05, 0) is 19.1 Å². The SMILES string of the molecule is COc1ccccc1N1CCN(C(=O)Cn2nc(C)c3sc(C(C)C)nc3c2=O)CC1. The van der Waals surface area contributed by atoms with E-state index < -0.39 is 0 Å². The Morgan fingerprint density at radius 1 is 1.19 bits per heavy atom. The van der Waals surface area contributed by atoms with Gasteiger partial charge in [0.1, 0.15) is 12.3 Å². The number of rotatable bonds is 5. The van der Waals surface area contributed by atoms with Gasteiger partial charge >= 0.3 is 0 Å². The normalized spacial score (nSPS) is 14.5. The number of para-hydroxylation sites is 2. The molecule has 3 aromatic rings. The van der Waals surface area contributed by atoms with Gasteiger partial charge in [-0.1, -0.05) is 26.0 Å². The summed E-state index contributed by atoms with van der Waals surface area (Å²) in [6, 6.07) is 7.89. The van der Waals surface area contributed by atoms with Crippen LogP contribution in [0.15, 0.2) is 29.1 Å². The monoisotopic (exact) mass is 441 g/mol. The lowest BCUT2D eigenvalue weighted by molar-refractivity contribution is -0.132. The van der Waals surface area contributed by atoms with Gasteiger partial charge in [-0.3, -0.25) is 9.59 Å². The number of aryl methyl sites for hydroxylation is 1. The molecule has 1 saturated heterocycles. The number of methoxy groups -OCH3 is 1. The maximum atomic E-state index is 12.9. The van der Waals surface area contributed by atoms with Gasteiger partial charge in [0.2, 0.25) is 5.91 Å². The van der Waals surface area contributed by atoms with Crippen LogP contribution in [0.5, 0.6) is 5.75 Å². The molecule has 0 unspecified atom stereocenters.